The van der Waals surface area contributed by atoms with Crippen LogP contribution in [0.4, 0.5) is 0 Å². The molecule has 0 aliphatic rings. The average molecular weight is 371 g/mol. The van der Waals surface area contributed by atoms with Gasteiger partial charge < -0.3 is 9.88 Å². The lowest BCUT2D eigenvalue weighted by molar-refractivity contribution is 0.0931. The molecule has 136 valence electrons. The van der Waals surface area contributed by atoms with Gasteiger partial charge in [0.05, 0.1) is 10.9 Å². The second-order valence-corrected chi connectivity index (χ2v) is 7.70. The van der Waals surface area contributed by atoms with Crippen molar-refractivity contribution in [2.75, 3.05) is 0 Å². The van der Waals surface area contributed by atoms with Crippen LogP contribution in [0.15, 0.2) is 59.5 Å². The van der Waals surface area contributed by atoms with Crippen molar-refractivity contribution in [1.82, 2.24) is 9.88 Å². The van der Waals surface area contributed by atoms with Gasteiger partial charge in [-0.05, 0) is 43.7 Å². The lowest BCUT2D eigenvalue weighted by Crippen LogP contribution is -2.28. The summed E-state index contributed by atoms with van der Waals surface area (Å²) in [4.78, 5) is 12.8. The van der Waals surface area contributed by atoms with Crippen LogP contribution in [0.2, 0.25) is 0 Å². The standard InChI is InChI=1S/C19H21N3O3S/c1-3-22-17-7-5-4-6-15(17)12-18(22)19(23)21-13(2)14-8-10-16(11-9-14)26(20,24)25/h4-13H,3H2,1-2H3,(H,21,23)(H2,20,24,25)/t13-/m1/s1. The molecule has 0 aliphatic carbocycles. The third-order valence-corrected chi connectivity index (χ3v) is 5.34. The second-order valence-electron chi connectivity index (χ2n) is 6.14. The lowest BCUT2D eigenvalue weighted by Gasteiger charge is -2.16. The van der Waals surface area contributed by atoms with Gasteiger partial charge in [-0.25, -0.2) is 13.6 Å². The number of sulfonamides is 1. The Hall–Kier alpha value is -2.64. The largest absolute Gasteiger partial charge is 0.344 e. The third kappa shape index (κ3) is 3.49. The molecule has 2 aromatic carbocycles. The number of fused-ring (bicyclic) bond motifs is 1. The minimum absolute atomic E-state index is 0.0471. The summed E-state index contributed by atoms with van der Waals surface area (Å²) in [6.45, 7) is 4.54. The number of aryl methyl sites for hydroxylation is 1. The molecule has 0 spiro atoms. The van der Waals surface area contributed by atoms with Gasteiger partial charge in [0.25, 0.3) is 5.91 Å². The summed E-state index contributed by atoms with van der Waals surface area (Å²) >= 11 is 0. The van der Waals surface area contributed by atoms with Gasteiger partial charge >= 0.3 is 0 Å². The van der Waals surface area contributed by atoms with Gasteiger partial charge in [0.1, 0.15) is 5.69 Å². The van der Waals surface area contributed by atoms with Crippen molar-refractivity contribution in [1.29, 1.82) is 0 Å². The zero-order chi connectivity index (χ0) is 18.9. The van der Waals surface area contributed by atoms with Crippen LogP contribution in [0.1, 0.15) is 35.9 Å². The van der Waals surface area contributed by atoms with E-state index >= 15 is 0 Å². The molecular formula is C19H21N3O3S. The predicted molar refractivity (Wildman–Crippen MR) is 101 cm³/mol. The van der Waals surface area contributed by atoms with Crippen LogP contribution in [0.5, 0.6) is 0 Å². The molecule has 6 nitrogen and oxygen atoms in total. The molecule has 0 saturated carbocycles. The topological polar surface area (TPSA) is 94.2 Å². The molecule has 0 fully saturated rings. The number of nitrogens with two attached hydrogens (primary N) is 1. The Bertz CT molecular complexity index is 1050. The van der Waals surface area contributed by atoms with Crippen molar-refractivity contribution in [3.63, 3.8) is 0 Å². The minimum Gasteiger partial charge on any atom is -0.344 e. The predicted octanol–water partition coefficient (Wildman–Crippen LogP) is 2.80. The SMILES string of the molecule is CCn1c(C(=O)N[C@H](C)c2ccc(S(N)(=O)=O)cc2)cc2ccccc21. The Morgan fingerprint density at radius 3 is 2.42 bits per heavy atom. The molecule has 0 bridgehead atoms. The summed E-state index contributed by atoms with van der Waals surface area (Å²) in [5.41, 5.74) is 2.41. The van der Waals surface area contributed by atoms with Crippen molar-refractivity contribution >= 4 is 26.8 Å². The van der Waals surface area contributed by atoms with E-state index in [0.29, 0.717) is 12.2 Å². The number of aromatic nitrogens is 1. The number of hydrogen-bond donors (Lipinski definition) is 2. The highest BCUT2D eigenvalue weighted by molar-refractivity contribution is 7.89. The van der Waals surface area contributed by atoms with Crippen molar-refractivity contribution < 1.29 is 13.2 Å². The third-order valence-electron chi connectivity index (χ3n) is 4.42. The van der Waals surface area contributed by atoms with Gasteiger partial charge in [-0.15, -0.1) is 0 Å². The van der Waals surface area contributed by atoms with Gasteiger partial charge in [-0.1, -0.05) is 30.3 Å². The second kappa shape index (κ2) is 6.93. The van der Waals surface area contributed by atoms with Gasteiger partial charge in [-0.2, -0.15) is 0 Å². The summed E-state index contributed by atoms with van der Waals surface area (Å²) in [5.74, 6) is -0.175. The fourth-order valence-electron chi connectivity index (χ4n) is 3.04. The van der Waals surface area contributed by atoms with Crippen LogP contribution >= 0.6 is 0 Å². The van der Waals surface area contributed by atoms with Crippen molar-refractivity contribution in [2.24, 2.45) is 5.14 Å². The number of carbonyl (C=O) groups excluding carboxylic acids is 1. The molecule has 26 heavy (non-hydrogen) atoms. The quantitative estimate of drug-likeness (QED) is 0.722. The molecule has 0 aliphatic heterocycles. The number of nitrogens with zero attached hydrogens (tertiary/aromatic N) is 1. The van der Waals surface area contributed by atoms with Crippen LogP contribution < -0.4 is 10.5 Å². The number of carbonyl (C=O) groups is 1. The van der Waals surface area contributed by atoms with Crippen LogP contribution in [0.25, 0.3) is 10.9 Å². The fourth-order valence-corrected chi connectivity index (χ4v) is 3.55. The smallest absolute Gasteiger partial charge is 0.268 e. The van der Waals surface area contributed by atoms with E-state index in [-0.39, 0.29) is 16.8 Å². The molecular weight excluding hydrogens is 350 g/mol. The first-order valence-corrected chi connectivity index (χ1v) is 9.87. The van der Waals surface area contributed by atoms with Crippen LogP contribution in [0.3, 0.4) is 0 Å². The number of para-hydroxylation sites is 1. The molecule has 1 atom stereocenters. The van der Waals surface area contributed by atoms with E-state index in [1.165, 1.54) is 12.1 Å². The first-order chi connectivity index (χ1) is 12.3. The van der Waals surface area contributed by atoms with E-state index in [2.05, 4.69) is 5.32 Å². The Labute approximate surface area is 152 Å². The number of benzene rings is 2. The maximum atomic E-state index is 12.8. The highest BCUT2D eigenvalue weighted by Gasteiger charge is 2.17. The monoisotopic (exact) mass is 371 g/mol. The van der Waals surface area contributed by atoms with E-state index in [1.54, 1.807) is 12.1 Å². The van der Waals surface area contributed by atoms with Crippen LogP contribution in [-0.4, -0.2) is 18.9 Å². The fraction of sp³-hybridized carbons (Fsp3) is 0.211. The number of hydrogen-bond acceptors (Lipinski definition) is 3. The van der Waals surface area contributed by atoms with Crippen LogP contribution in [-0.2, 0) is 16.6 Å². The average Bonchev–Trinajstić information content (AvgIpc) is 2.99. The van der Waals surface area contributed by atoms with Crippen molar-refractivity contribution in [3.8, 4) is 0 Å². The van der Waals surface area contributed by atoms with E-state index in [1.807, 2.05) is 48.7 Å². The zero-order valence-corrected chi connectivity index (χ0v) is 15.5. The van der Waals surface area contributed by atoms with Gasteiger partial charge in [0, 0.05) is 17.4 Å². The Morgan fingerprint density at radius 1 is 1.15 bits per heavy atom. The highest BCUT2D eigenvalue weighted by Crippen LogP contribution is 2.21. The molecule has 1 amide bonds. The molecule has 7 heteroatoms. The summed E-state index contributed by atoms with van der Waals surface area (Å²) < 4.78 is 24.6. The minimum atomic E-state index is -3.73. The highest BCUT2D eigenvalue weighted by atomic mass is 32.2. The van der Waals surface area contributed by atoms with Gasteiger partial charge in [0.2, 0.25) is 10.0 Å². The number of rotatable bonds is 5. The first kappa shape index (κ1) is 18.2. The van der Waals surface area contributed by atoms with Crippen molar-refractivity contribution in [2.45, 2.75) is 31.3 Å². The normalized spacial score (nSPS) is 12.9. The Balaban J connectivity index is 1.84. The van der Waals surface area contributed by atoms with E-state index in [0.717, 1.165) is 16.5 Å². The molecule has 3 aromatic rings. The maximum Gasteiger partial charge on any atom is 0.268 e. The van der Waals surface area contributed by atoms with E-state index < -0.39 is 10.0 Å². The maximum absolute atomic E-state index is 12.8. The Kier molecular flexibility index (Phi) is 4.84. The van der Waals surface area contributed by atoms with Gasteiger partial charge in [-0.3, -0.25) is 4.79 Å². The summed E-state index contributed by atoms with van der Waals surface area (Å²) in [6, 6.07) is 15.7. The lowest BCUT2D eigenvalue weighted by atomic mass is 10.1. The number of amides is 1. The summed E-state index contributed by atoms with van der Waals surface area (Å²) in [7, 11) is -3.73. The number of primary sulfonamides is 1. The van der Waals surface area contributed by atoms with E-state index in [9.17, 15) is 13.2 Å². The molecule has 3 N–H and O–H groups in total. The number of nitrogens with one attached hydrogen (secondary N) is 1. The summed E-state index contributed by atoms with van der Waals surface area (Å²) in [5, 5.41) is 9.09. The van der Waals surface area contributed by atoms with Crippen molar-refractivity contribution in [3.05, 3.63) is 65.9 Å². The first-order valence-electron chi connectivity index (χ1n) is 8.33. The Morgan fingerprint density at radius 2 is 1.81 bits per heavy atom. The molecule has 0 unspecified atom stereocenters. The van der Waals surface area contributed by atoms with Gasteiger partial charge in [0.15, 0.2) is 0 Å². The molecule has 3 rings (SSSR count). The molecule has 1 aromatic heterocycles. The summed E-state index contributed by atoms with van der Waals surface area (Å²) in [6.07, 6.45) is 0. The van der Waals surface area contributed by atoms with Crippen LogP contribution in [0, 0.1) is 0 Å². The molecule has 0 radical (unpaired) electrons. The zero-order valence-electron chi connectivity index (χ0n) is 14.6. The van der Waals surface area contributed by atoms with E-state index in [4.69, 9.17) is 5.14 Å². The molecule has 1 heterocycles. The molecule has 0 saturated heterocycles.